The Balaban J connectivity index is 2.19. The molecular formula is C18H25ClN2O3. The van der Waals surface area contributed by atoms with Gasteiger partial charge >= 0.3 is 6.09 Å². The smallest absolute Gasteiger partial charge is 0.407 e. The molecule has 2 rings (SSSR count). The number of hydrogen-bond donors (Lipinski definition) is 2. The van der Waals surface area contributed by atoms with Crippen molar-refractivity contribution in [2.75, 3.05) is 0 Å². The maximum Gasteiger partial charge on any atom is 0.407 e. The third-order valence-corrected chi connectivity index (χ3v) is 3.77. The maximum atomic E-state index is 11.8. The minimum Gasteiger partial charge on any atom is -0.444 e. The largest absolute Gasteiger partial charge is 0.444 e. The molecule has 1 unspecified atom stereocenters. The van der Waals surface area contributed by atoms with Crippen molar-refractivity contribution in [3.8, 4) is 0 Å². The molecule has 0 aliphatic rings. The molecule has 0 radical (unpaired) electrons. The number of alkyl carbamates (subject to hydrolysis) is 1. The molecule has 0 aliphatic carbocycles. The van der Waals surface area contributed by atoms with Crippen molar-refractivity contribution < 1.29 is 14.6 Å². The molecule has 0 saturated carbocycles. The average Bonchev–Trinajstić information content (AvgIpc) is 2.78. The molecule has 0 saturated heterocycles. The Morgan fingerprint density at radius 1 is 1.42 bits per heavy atom. The van der Waals surface area contributed by atoms with Crippen molar-refractivity contribution >= 4 is 28.6 Å². The molecule has 1 aromatic heterocycles. The van der Waals surface area contributed by atoms with Crippen LogP contribution < -0.4 is 5.32 Å². The SMILES string of the molecule is CC(O)CCn1cc(CNC(=O)OC(C)(C)C)c2ccc(Cl)cc21. The Labute approximate surface area is 147 Å². The van der Waals surface area contributed by atoms with E-state index in [9.17, 15) is 9.90 Å². The van der Waals surface area contributed by atoms with E-state index in [1.807, 2.05) is 45.2 Å². The van der Waals surface area contributed by atoms with Crippen molar-refractivity contribution in [3.05, 3.63) is 35.0 Å². The summed E-state index contributed by atoms with van der Waals surface area (Å²) >= 11 is 6.11. The van der Waals surface area contributed by atoms with E-state index in [2.05, 4.69) is 9.88 Å². The minimum atomic E-state index is -0.525. The number of nitrogens with one attached hydrogen (secondary N) is 1. The van der Waals surface area contributed by atoms with E-state index in [0.717, 1.165) is 16.5 Å². The van der Waals surface area contributed by atoms with Gasteiger partial charge in [-0.15, -0.1) is 0 Å². The lowest BCUT2D eigenvalue weighted by Gasteiger charge is -2.19. The van der Waals surface area contributed by atoms with Gasteiger partial charge in [0, 0.05) is 35.2 Å². The van der Waals surface area contributed by atoms with Crippen molar-refractivity contribution in [3.63, 3.8) is 0 Å². The quantitative estimate of drug-likeness (QED) is 0.851. The number of hydrogen-bond acceptors (Lipinski definition) is 3. The number of halogens is 1. The molecule has 1 aromatic carbocycles. The lowest BCUT2D eigenvalue weighted by Crippen LogP contribution is -2.32. The summed E-state index contributed by atoms with van der Waals surface area (Å²) in [7, 11) is 0. The first-order chi connectivity index (χ1) is 11.2. The van der Waals surface area contributed by atoms with Crippen LogP contribution in [0.25, 0.3) is 10.9 Å². The molecule has 2 N–H and O–H groups in total. The van der Waals surface area contributed by atoms with Gasteiger partial charge in [0.25, 0.3) is 0 Å². The zero-order valence-electron chi connectivity index (χ0n) is 14.6. The van der Waals surface area contributed by atoms with Crippen LogP contribution in [0.1, 0.15) is 39.7 Å². The maximum absolute atomic E-state index is 11.8. The van der Waals surface area contributed by atoms with E-state index in [0.29, 0.717) is 24.5 Å². The number of ether oxygens (including phenoxy) is 1. The van der Waals surface area contributed by atoms with Crippen molar-refractivity contribution in [2.45, 2.75) is 58.9 Å². The second-order valence-electron chi connectivity index (χ2n) is 7.00. The molecule has 132 valence electrons. The molecule has 0 aliphatic heterocycles. The molecule has 5 nitrogen and oxygen atoms in total. The van der Waals surface area contributed by atoms with Gasteiger partial charge in [-0.2, -0.15) is 0 Å². The Morgan fingerprint density at radius 2 is 2.12 bits per heavy atom. The van der Waals surface area contributed by atoms with Gasteiger partial charge in [-0.25, -0.2) is 4.79 Å². The Hall–Kier alpha value is -1.72. The summed E-state index contributed by atoms with van der Waals surface area (Å²) in [6.45, 7) is 8.31. The van der Waals surface area contributed by atoms with Crippen LogP contribution in [-0.4, -0.2) is 27.5 Å². The highest BCUT2D eigenvalue weighted by atomic mass is 35.5. The van der Waals surface area contributed by atoms with E-state index in [1.165, 1.54) is 0 Å². The molecule has 1 atom stereocenters. The van der Waals surface area contributed by atoms with Crippen LogP contribution in [0, 0.1) is 0 Å². The van der Waals surface area contributed by atoms with Gasteiger partial charge in [-0.1, -0.05) is 17.7 Å². The van der Waals surface area contributed by atoms with Crippen LogP contribution in [0.5, 0.6) is 0 Å². The van der Waals surface area contributed by atoms with Gasteiger partial charge in [0.2, 0.25) is 0 Å². The molecule has 6 heteroatoms. The Bertz CT molecular complexity index is 717. The molecule has 0 fully saturated rings. The monoisotopic (exact) mass is 352 g/mol. The molecule has 1 amide bonds. The summed E-state index contributed by atoms with van der Waals surface area (Å²) in [5, 5.41) is 14.0. The summed E-state index contributed by atoms with van der Waals surface area (Å²) in [5.74, 6) is 0. The number of aryl methyl sites for hydroxylation is 1. The Kier molecular flexibility index (Phi) is 5.78. The van der Waals surface area contributed by atoms with Crippen LogP contribution in [0.4, 0.5) is 4.79 Å². The highest BCUT2D eigenvalue weighted by Crippen LogP contribution is 2.25. The van der Waals surface area contributed by atoms with Crippen LogP contribution in [0.15, 0.2) is 24.4 Å². The lowest BCUT2D eigenvalue weighted by molar-refractivity contribution is 0.0524. The predicted octanol–water partition coefficient (Wildman–Crippen LogP) is 4.09. The van der Waals surface area contributed by atoms with Crippen molar-refractivity contribution in [2.24, 2.45) is 0 Å². The van der Waals surface area contributed by atoms with Gasteiger partial charge < -0.3 is 19.7 Å². The fourth-order valence-corrected chi connectivity index (χ4v) is 2.64. The number of aliphatic hydroxyl groups is 1. The summed E-state index contributed by atoms with van der Waals surface area (Å²) in [6, 6.07) is 5.68. The molecule has 2 aromatic rings. The fourth-order valence-electron chi connectivity index (χ4n) is 2.47. The van der Waals surface area contributed by atoms with E-state index in [4.69, 9.17) is 16.3 Å². The number of benzene rings is 1. The first-order valence-corrected chi connectivity index (χ1v) is 8.45. The summed E-state index contributed by atoms with van der Waals surface area (Å²) in [6.07, 6.45) is 1.82. The molecule has 0 spiro atoms. The number of carbonyl (C=O) groups is 1. The van der Waals surface area contributed by atoms with Crippen LogP contribution in [0.2, 0.25) is 5.02 Å². The van der Waals surface area contributed by atoms with Crippen molar-refractivity contribution in [1.29, 1.82) is 0 Å². The van der Waals surface area contributed by atoms with E-state index in [-0.39, 0.29) is 6.10 Å². The molecule has 24 heavy (non-hydrogen) atoms. The van der Waals surface area contributed by atoms with Gasteiger partial charge in [-0.05, 0) is 51.8 Å². The third-order valence-electron chi connectivity index (χ3n) is 3.54. The number of rotatable bonds is 5. The highest BCUT2D eigenvalue weighted by Gasteiger charge is 2.17. The summed E-state index contributed by atoms with van der Waals surface area (Å²) in [4.78, 5) is 11.8. The number of aliphatic hydroxyl groups excluding tert-OH is 1. The number of nitrogens with zero attached hydrogens (tertiary/aromatic N) is 1. The average molecular weight is 353 g/mol. The van der Waals surface area contributed by atoms with Gasteiger partial charge in [-0.3, -0.25) is 0 Å². The van der Waals surface area contributed by atoms with Crippen molar-refractivity contribution in [1.82, 2.24) is 9.88 Å². The van der Waals surface area contributed by atoms with E-state index in [1.54, 1.807) is 6.92 Å². The second-order valence-corrected chi connectivity index (χ2v) is 7.44. The van der Waals surface area contributed by atoms with Gasteiger partial charge in [0.05, 0.1) is 6.10 Å². The Morgan fingerprint density at radius 3 is 2.75 bits per heavy atom. The summed E-state index contributed by atoms with van der Waals surface area (Å²) in [5.41, 5.74) is 1.45. The number of carbonyl (C=O) groups excluding carboxylic acids is 1. The van der Waals surface area contributed by atoms with Gasteiger partial charge in [0.15, 0.2) is 0 Å². The summed E-state index contributed by atoms with van der Waals surface area (Å²) < 4.78 is 7.32. The topological polar surface area (TPSA) is 63.5 Å². The fraction of sp³-hybridized carbons (Fsp3) is 0.500. The molecule has 1 heterocycles. The van der Waals surface area contributed by atoms with Crippen LogP contribution >= 0.6 is 11.6 Å². The number of fused-ring (bicyclic) bond motifs is 1. The number of aromatic nitrogens is 1. The van der Waals surface area contributed by atoms with E-state index >= 15 is 0 Å². The second kappa shape index (κ2) is 7.45. The normalized spacial score (nSPS) is 13.1. The molecule has 0 bridgehead atoms. The highest BCUT2D eigenvalue weighted by molar-refractivity contribution is 6.31. The zero-order chi connectivity index (χ0) is 17.9. The molecular weight excluding hydrogens is 328 g/mol. The van der Waals surface area contributed by atoms with E-state index < -0.39 is 11.7 Å². The predicted molar refractivity (Wildman–Crippen MR) is 96.3 cm³/mol. The van der Waals surface area contributed by atoms with Crippen LogP contribution in [0.3, 0.4) is 0 Å². The first kappa shape index (κ1) is 18.6. The minimum absolute atomic E-state index is 0.370. The lowest BCUT2D eigenvalue weighted by atomic mass is 10.2. The van der Waals surface area contributed by atoms with Crippen LogP contribution in [-0.2, 0) is 17.8 Å². The standard InChI is InChI=1S/C18H25ClN2O3/c1-12(22)7-8-21-11-13(10-20-17(23)24-18(2,3)4)15-6-5-14(19)9-16(15)21/h5-6,9,11-12,22H,7-8,10H2,1-4H3,(H,20,23). The zero-order valence-corrected chi connectivity index (χ0v) is 15.4. The third kappa shape index (κ3) is 5.14. The first-order valence-electron chi connectivity index (χ1n) is 8.08. The van der Waals surface area contributed by atoms with Gasteiger partial charge in [0.1, 0.15) is 5.60 Å². The number of amides is 1.